The summed E-state index contributed by atoms with van der Waals surface area (Å²) in [7, 11) is -3.31. The smallest absolute Gasteiger partial charge is 0.375 e. The Kier molecular flexibility index (Phi) is 4.99. The van der Waals surface area contributed by atoms with E-state index in [9.17, 15) is 13.2 Å². The average molecular weight is 422 g/mol. The number of carbonyl (C=O) groups excluding carboxylic acids is 1. The third-order valence-corrected chi connectivity index (χ3v) is 6.76. The first-order valence-corrected chi connectivity index (χ1v) is 11.8. The van der Waals surface area contributed by atoms with Gasteiger partial charge in [-0.15, -0.1) is 0 Å². The molecule has 8 heteroatoms. The van der Waals surface area contributed by atoms with Crippen molar-refractivity contribution in [2.24, 2.45) is 0 Å². The van der Waals surface area contributed by atoms with Gasteiger partial charge in [0.2, 0.25) is 12.0 Å². The van der Waals surface area contributed by atoms with Crippen molar-refractivity contribution < 1.29 is 32.2 Å². The lowest BCUT2D eigenvalue weighted by Gasteiger charge is -2.31. The molecule has 1 atom stereocenters. The largest absolute Gasteiger partial charge is 0.454 e. The average Bonchev–Trinajstić information content (AvgIpc) is 3.12. The van der Waals surface area contributed by atoms with Crippen LogP contribution in [0.4, 0.5) is 0 Å². The van der Waals surface area contributed by atoms with Gasteiger partial charge in [0.05, 0.1) is 10.5 Å². The van der Waals surface area contributed by atoms with Gasteiger partial charge in [0, 0.05) is 19.1 Å². The SMILES string of the molecule is CC1(C)OC(=O)C(OC2COC3(CCCCC3)O2)=C1c1ccc(S(C)(=O)=O)cc1. The van der Waals surface area contributed by atoms with Crippen LogP contribution in [0.2, 0.25) is 0 Å². The molecule has 1 saturated heterocycles. The highest BCUT2D eigenvalue weighted by molar-refractivity contribution is 7.90. The lowest BCUT2D eigenvalue weighted by Crippen LogP contribution is -2.33. The summed E-state index contributed by atoms with van der Waals surface area (Å²) in [5.41, 5.74) is 0.311. The molecule has 1 aromatic rings. The highest BCUT2D eigenvalue weighted by Crippen LogP contribution is 2.43. The molecule has 1 spiro atoms. The van der Waals surface area contributed by atoms with Gasteiger partial charge in [-0.25, -0.2) is 13.2 Å². The topological polar surface area (TPSA) is 88.1 Å². The van der Waals surface area contributed by atoms with Crippen LogP contribution in [0.1, 0.15) is 51.5 Å². The van der Waals surface area contributed by atoms with Gasteiger partial charge in [-0.05, 0) is 44.4 Å². The summed E-state index contributed by atoms with van der Waals surface area (Å²) < 4.78 is 46.9. The van der Waals surface area contributed by atoms with Crippen molar-refractivity contribution in [1.29, 1.82) is 0 Å². The Bertz CT molecular complexity index is 938. The number of hydrogen-bond acceptors (Lipinski definition) is 7. The molecule has 4 rings (SSSR count). The molecule has 29 heavy (non-hydrogen) atoms. The summed E-state index contributed by atoms with van der Waals surface area (Å²) in [4.78, 5) is 12.8. The lowest BCUT2D eigenvalue weighted by atomic mass is 9.92. The van der Waals surface area contributed by atoms with E-state index in [-0.39, 0.29) is 17.3 Å². The minimum absolute atomic E-state index is 0.0866. The molecule has 1 unspecified atom stereocenters. The van der Waals surface area contributed by atoms with E-state index in [1.165, 1.54) is 18.6 Å². The highest BCUT2D eigenvalue weighted by Gasteiger charge is 2.47. The summed E-state index contributed by atoms with van der Waals surface area (Å²) in [6.45, 7) is 3.79. The minimum Gasteiger partial charge on any atom is -0.454 e. The van der Waals surface area contributed by atoms with E-state index < -0.39 is 33.5 Å². The number of rotatable bonds is 4. The maximum atomic E-state index is 12.6. The van der Waals surface area contributed by atoms with Gasteiger partial charge in [-0.1, -0.05) is 18.6 Å². The molecule has 0 bridgehead atoms. The zero-order valence-corrected chi connectivity index (χ0v) is 17.7. The first kappa shape index (κ1) is 20.4. The summed E-state index contributed by atoms with van der Waals surface area (Å²) in [5, 5.41) is 0. The fourth-order valence-electron chi connectivity index (χ4n) is 4.23. The Morgan fingerprint density at radius 1 is 1.07 bits per heavy atom. The first-order chi connectivity index (χ1) is 13.6. The molecule has 1 aliphatic carbocycles. The van der Waals surface area contributed by atoms with Crippen LogP contribution < -0.4 is 0 Å². The Labute approximate surface area is 170 Å². The molecule has 7 nitrogen and oxygen atoms in total. The molecule has 1 saturated carbocycles. The van der Waals surface area contributed by atoms with Crippen LogP contribution in [-0.4, -0.2) is 44.9 Å². The predicted octanol–water partition coefficient (Wildman–Crippen LogP) is 3.19. The van der Waals surface area contributed by atoms with Gasteiger partial charge < -0.3 is 18.9 Å². The van der Waals surface area contributed by atoms with Crippen molar-refractivity contribution in [3.8, 4) is 0 Å². The summed E-state index contributed by atoms with van der Waals surface area (Å²) in [6.07, 6.45) is 5.36. The van der Waals surface area contributed by atoms with E-state index in [1.54, 1.807) is 26.0 Å². The quantitative estimate of drug-likeness (QED) is 0.689. The maximum absolute atomic E-state index is 12.6. The van der Waals surface area contributed by atoms with E-state index in [2.05, 4.69) is 0 Å². The molecule has 2 fully saturated rings. The zero-order chi connectivity index (χ0) is 20.9. The van der Waals surface area contributed by atoms with Gasteiger partial charge in [0.15, 0.2) is 15.6 Å². The van der Waals surface area contributed by atoms with Gasteiger partial charge in [-0.3, -0.25) is 0 Å². The summed E-state index contributed by atoms with van der Waals surface area (Å²) in [6, 6.07) is 6.35. The van der Waals surface area contributed by atoms with Crippen molar-refractivity contribution in [3.63, 3.8) is 0 Å². The molecular weight excluding hydrogens is 396 g/mol. The first-order valence-electron chi connectivity index (χ1n) is 9.87. The normalized spacial score (nSPS) is 26.0. The molecule has 2 heterocycles. The second-order valence-electron chi connectivity index (χ2n) is 8.35. The maximum Gasteiger partial charge on any atom is 0.375 e. The molecule has 0 amide bonds. The number of ether oxygens (including phenoxy) is 4. The van der Waals surface area contributed by atoms with Gasteiger partial charge in [0.25, 0.3) is 0 Å². The number of esters is 1. The van der Waals surface area contributed by atoms with Crippen molar-refractivity contribution in [3.05, 3.63) is 35.6 Å². The molecule has 0 N–H and O–H groups in total. The van der Waals surface area contributed by atoms with Crippen LogP contribution in [0.15, 0.2) is 34.9 Å². The van der Waals surface area contributed by atoms with E-state index in [0.717, 1.165) is 31.9 Å². The Hall–Kier alpha value is -1.90. The second-order valence-corrected chi connectivity index (χ2v) is 10.4. The van der Waals surface area contributed by atoms with Crippen LogP contribution >= 0.6 is 0 Å². The Morgan fingerprint density at radius 3 is 2.34 bits per heavy atom. The van der Waals surface area contributed by atoms with E-state index in [0.29, 0.717) is 11.1 Å². The molecule has 3 aliphatic rings. The summed E-state index contributed by atoms with van der Waals surface area (Å²) >= 11 is 0. The van der Waals surface area contributed by atoms with Crippen LogP contribution in [0, 0.1) is 0 Å². The van der Waals surface area contributed by atoms with Crippen LogP contribution in [0.25, 0.3) is 5.57 Å². The minimum atomic E-state index is -3.31. The third-order valence-electron chi connectivity index (χ3n) is 5.63. The van der Waals surface area contributed by atoms with Crippen molar-refractivity contribution in [2.75, 3.05) is 12.9 Å². The highest BCUT2D eigenvalue weighted by atomic mass is 32.2. The number of hydrogen-bond donors (Lipinski definition) is 0. The molecule has 0 radical (unpaired) electrons. The van der Waals surface area contributed by atoms with E-state index in [1.807, 2.05) is 0 Å². The number of benzene rings is 1. The second kappa shape index (κ2) is 7.11. The van der Waals surface area contributed by atoms with Crippen molar-refractivity contribution in [1.82, 2.24) is 0 Å². The molecule has 2 aliphatic heterocycles. The van der Waals surface area contributed by atoms with E-state index >= 15 is 0 Å². The van der Waals surface area contributed by atoms with Crippen LogP contribution in [0.3, 0.4) is 0 Å². The van der Waals surface area contributed by atoms with Crippen molar-refractivity contribution >= 4 is 21.4 Å². The fourth-order valence-corrected chi connectivity index (χ4v) is 4.86. The van der Waals surface area contributed by atoms with E-state index in [4.69, 9.17) is 18.9 Å². The Morgan fingerprint density at radius 2 is 1.72 bits per heavy atom. The molecule has 1 aromatic carbocycles. The van der Waals surface area contributed by atoms with Gasteiger partial charge in [0.1, 0.15) is 12.2 Å². The van der Waals surface area contributed by atoms with Gasteiger partial charge >= 0.3 is 5.97 Å². The number of cyclic esters (lactones) is 1. The summed E-state index contributed by atoms with van der Waals surface area (Å²) in [5.74, 6) is -1.09. The molecule has 0 aromatic heterocycles. The number of sulfone groups is 1. The standard InChI is InChI=1S/C21H26O7S/c1-20(2)17(14-7-9-15(10-8-14)29(3,23)24)18(19(22)28-20)26-16-13-25-21(27-16)11-5-4-6-12-21/h7-10,16H,4-6,11-13H2,1-3H3. The van der Waals surface area contributed by atoms with Crippen LogP contribution in [0.5, 0.6) is 0 Å². The lowest BCUT2D eigenvalue weighted by molar-refractivity contribution is -0.217. The third kappa shape index (κ3) is 3.93. The zero-order valence-electron chi connectivity index (χ0n) is 16.9. The Balaban J connectivity index is 1.63. The monoisotopic (exact) mass is 422 g/mol. The molecule has 158 valence electrons. The fraction of sp³-hybridized carbons (Fsp3) is 0.571. The van der Waals surface area contributed by atoms with Gasteiger partial charge in [-0.2, -0.15) is 0 Å². The predicted molar refractivity (Wildman–Crippen MR) is 104 cm³/mol. The number of carbonyl (C=O) groups is 1. The van der Waals surface area contributed by atoms with Crippen molar-refractivity contribution in [2.45, 2.75) is 68.5 Å². The van der Waals surface area contributed by atoms with Crippen LogP contribution in [-0.2, 0) is 33.6 Å². The molecular formula is C21H26O7S.